The number of ether oxygens (including phenoxy) is 1. The lowest BCUT2D eigenvalue weighted by molar-refractivity contribution is -0.347. The van der Waals surface area contributed by atoms with Gasteiger partial charge in [-0.25, -0.2) is 19.3 Å². The van der Waals surface area contributed by atoms with Crippen LogP contribution in [0.15, 0.2) is 49.1 Å². The summed E-state index contributed by atoms with van der Waals surface area (Å²) in [5.74, 6) is -2.84. The lowest BCUT2D eigenvalue weighted by atomic mass is 9.87. The molecule has 2 amide bonds. The number of carboxylic acid groups (broad SMARTS) is 1. The minimum atomic E-state index is -5.94. The minimum Gasteiger partial charge on any atom is -0.790 e. The fourth-order valence-electron chi connectivity index (χ4n) is 4.70. The number of nitrogen functional groups attached to an aromatic ring is 1. The summed E-state index contributed by atoms with van der Waals surface area (Å²) in [4.78, 5) is 106. The van der Waals surface area contributed by atoms with Crippen LogP contribution >= 0.6 is 35.2 Å². The first-order chi connectivity index (χ1) is 27.4. The summed E-state index contributed by atoms with van der Waals surface area (Å²) in [6.45, 7) is -0.162. The Morgan fingerprint density at radius 1 is 1.02 bits per heavy atom. The van der Waals surface area contributed by atoms with Crippen LogP contribution in [0.3, 0.4) is 0 Å². The maximum Gasteiger partial charge on any atom is 0.274 e. The van der Waals surface area contributed by atoms with E-state index >= 15 is 0 Å². The van der Waals surface area contributed by atoms with Crippen molar-refractivity contribution in [3.05, 3.63) is 49.1 Å². The summed E-state index contributed by atoms with van der Waals surface area (Å²) in [5, 5.41) is 36.0. The molecule has 1 fully saturated rings. The van der Waals surface area contributed by atoms with Gasteiger partial charge in [0.15, 0.2) is 17.7 Å². The number of imidazole rings is 1. The van der Waals surface area contributed by atoms with E-state index in [1.54, 1.807) is 0 Å². The van der Waals surface area contributed by atoms with Gasteiger partial charge in [0.25, 0.3) is 15.6 Å². The van der Waals surface area contributed by atoms with Crippen LogP contribution < -0.4 is 41.0 Å². The van der Waals surface area contributed by atoms with Gasteiger partial charge in [-0.05, 0) is 12.2 Å². The molecule has 6 N–H and O–H groups in total. The Balaban J connectivity index is 1.45. The molecule has 0 bridgehead atoms. The summed E-state index contributed by atoms with van der Waals surface area (Å²) in [6.07, 6.45) is -0.360. The smallest absolute Gasteiger partial charge is 0.274 e. The molecular weight excluding hydrogens is 875 g/mol. The van der Waals surface area contributed by atoms with Crippen molar-refractivity contribution in [2.24, 2.45) is 5.41 Å². The zero-order valence-corrected chi connectivity index (χ0v) is 34.2. The van der Waals surface area contributed by atoms with Crippen LogP contribution in [-0.2, 0) is 55.5 Å². The van der Waals surface area contributed by atoms with E-state index in [0.29, 0.717) is 0 Å². The van der Waals surface area contributed by atoms with E-state index in [2.05, 4.69) is 43.5 Å². The summed E-state index contributed by atoms with van der Waals surface area (Å²) in [5.41, 5.74) is 4.00. The van der Waals surface area contributed by atoms with Crippen molar-refractivity contribution < 1.29 is 90.4 Å². The fourth-order valence-corrected chi connectivity index (χ4v) is 8.02. The van der Waals surface area contributed by atoms with Crippen molar-refractivity contribution in [1.29, 1.82) is 0 Å². The highest BCUT2D eigenvalue weighted by Crippen LogP contribution is 2.56. The number of carbonyl (C=O) groups excluding carboxylic acids is 4. The molecule has 0 aromatic carbocycles. The van der Waals surface area contributed by atoms with Crippen molar-refractivity contribution in [1.82, 2.24) is 30.2 Å². The Labute approximate surface area is 338 Å². The Morgan fingerprint density at radius 2 is 1.68 bits per heavy atom. The molecule has 3 rings (SSSR count). The van der Waals surface area contributed by atoms with E-state index in [1.807, 2.05) is 0 Å². The predicted molar refractivity (Wildman–Crippen MR) is 191 cm³/mol. The summed E-state index contributed by atoms with van der Waals surface area (Å²) >= 11 is 0.884. The van der Waals surface area contributed by atoms with Gasteiger partial charge in [0.05, 0.1) is 33.3 Å². The zero-order valence-electron chi connectivity index (χ0n) is 30.7. The third kappa shape index (κ3) is 16.3. The van der Waals surface area contributed by atoms with Crippen molar-refractivity contribution >= 4 is 75.1 Å². The summed E-state index contributed by atoms with van der Waals surface area (Å²) in [7, 11) is -17.7. The van der Waals surface area contributed by atoms with Crippen molar-refractivity contribution in [2.45, 2.75) is 50.9 Å². The molecule has 328 valence electrons. The SMILES string of the molecule is CC(C)(COP(=O)([O-])OP(=O)([O-])OC[C@H]1O[C@@H](n2cnc3c(N)ncnc32)[C@H](O)[C@@H]1OP(=O)([O-])[O-])[C@@H](O)C(=O)NCCC(=O)NCCSC(=O)\C=C/C=C/C=C/C(=O)[O-]. The number of carbonyl (C=O) groups is 4. The van der Waals surface area contributed by atoms with Crippen molar-refractivity contribution in [3.63, 3.8) is 0 Å². The van der Waals surface area contributed by atoms with Crippen LogP contribution in [0.4, 0.5) is 5.82 Å². The van der Waals surface area contributed by atoms with Gasteiger partial charge >= 0.3 is 0 Å². The molecule has 30 heteroatoms. The first-order valence-corrected chi connectivity index (χ1v) is 22.0. The first kappa shape index (κ1) is 49.6. The number of aromatic nitrogens is 4. The van der Waals surface area contributed by atoms with Crippen LogP contribution in [0, 0.1) is 5.41 Å². The lowest BCUT2D eigenvalue weighted by Gasteiger charge is -2.36. The third-order valence-corrected chi connectivity index (χ3v) is 11.4. The number of anilines is 1. The maximum atomic E-state index is 12.5. The molecule has 0 aliphatic carbocycles. The third-order valence-electron chi connectivity index (χ3n) is 7.52. The first-order valence-electron chi connectivity index (χ1n) is 16.6. The second kappa shape index (κ2) is 21.7. The number of hydrogen-bond donors (Lipinski definition) is 5. The molecule has 2 aromatic rings. The van der Waals surface area contributed by atoms with Crippen LogP contribution in [0.2, 0.25) is 0 Å². The second-order valence-corrected chi connectivity index (χ2v) is 17.7. The molecule has 26 nitrogen and oxygen atoms in total. The van der Waals surface area contributed by atoms with E-state index < -0.39 is 90.5 Å². The van der Waals surface area contributed by atoms with Gasteiger partial charge in [-0.1, -0.05) is 49.9 Å². The largest absolute Gasteiger partial charge is 0.790 e. The minimum absolute atomic E-state index is 0.0316. The van der Waals surface area contributed by atoms with Gasteiger partial charge in [0.1, 0.15) is 36.3 Å². The number of aliphatic hydroxyl groups is 2. The normalized spacial score (nSPS) is 21.5. The van der Waals surface area contributed by atoms with Crippen LogP contribution in [0.25, 0.3) is 11.2 Å². The van der Waals surface area contributed by atoms with E-state index in [9.17, 15) is 67.8 Å². The van der Waals surface area contributed by atoms with Gasteiger partial charge < -0.3 is 78.9 Å². The van der Waals surface area contributed by atoms with Crippen LogP contribution in [-0.4, -0.2) is 109 Å². The molecule has 59 heavy (non-hydrogen) atoms. The fraction of sp³-hybridized carbons (Fsp3) is 0.483. The number of hydrogen-bond acceptors (Lipinski definition) is 24. The standard InChI is InChI=1S/C29H42N7O19P3S/c1-29(2,24(42)27(43)32-10-9-18(37)31-11-12-59-20(40)8-6-4-3-5-7-19(38)39)14-52-58(49,50)55-57(47,48)51-13-17-23(54-56(44,45)46)22(41)28(53-17)36-16-35-21-25(30)33-15-34-26(21)36/h3-8,15-17,22-24,28,41-42H,9-14H2,1-2H3,(H,31,37)(H,32,43)(H,38,39)(H,47,48)(H,49,50)(H2,30,33,34)(H2,44,45,46)/p-5/b4-3+,7-5+,8-6-/t17-,22-,23-,24+,28-/m1/s1. The molecule has 2 unspecified atom stereocenters. The highest BCUT2D eigenvalue weighted by molar-refractivity contribution is 8.14. The zero-order chi connectivity index (χ0) is 44.2. The van der Waals surface area contributed by atoms with Gasteiger partial charge in [0, 0.05) is 30.7 Å². The molecule has 3 heterocycles. The van der Waals surface area contributed by atoms with Gasteiger partial charge in [-0.15, -0.1) is 0 Å². The molecule has 2 aromatic heterocycles. The molecule has 1 aliphatic rings. The predicted octanol–water partition coefficient (Wildman–Crippen LogP) is -4.44. The average Bonchev–Trinajstić information content (AvgIpc) is 3.69. The lowest BCUT2D eigenvalue weighted by Crippen LogP contribution is -2.46. The maximum absolute atomic E-state index is 12.5. The number of allylic oxidation sites excluding steroid dienone is 4. The molecule has 0 spiro atoms. The molecule has 0 radical (unpaired) electrons. The molecule has 1 saturated heterocycles. The number of thioether (sulfide) groups is 1. The van der Waals surface area contributed by atoms with Crippen molar-refractivity contribution in [2.75, 3.05) is 37.8 Å². The number of nitrogens with one attached hydrogen (secondary N) is 2. The highest BCUT2D eigenvalue weighted by Gasteiger charge is 2.47. The number of aliphatic hydroxyl groups excluding tert-OH is 2. The Bertz CT molecular complexity index is 2060. The molecular formula is C29H37N7O19P3S-5. The number of carboxylic acids is 1. The van der Waals surface area contributed by atoms with E-state index in [1.165, 1.54) is 44.2 Å². The van der Waals surface area contributed by atoms with Crippen molar-refractivity contribution in [3.8, 4) is 0 Å². The Hall–Kier alpha value is -3.75. The van der Waals surface area contributed by atoms with E-state index in [-0.39, 0.29) is 47.4 Å². The monoisotopic (exact) mass is 912 g/mol. The number of phosphoric acid groups is 3. The Morgan fingerprint density at radius 3 is 2.34 bits per heavy atom. The van der Waals surface area contributed by atoms with Crippen LogP contribution in [0.1, 0.15) is 26.5 Å². The number of rotatable bonds is 23. The summed E-state index contributed by atoms with van der Waals surface area (Å²) < 4.78 is 60.4. The van der Waals surface area contributed by atoms with E-state index in [4.69, 9.17) is 10.5 Å². The Kier molecular flexibility index (Phi) is 18.2. The number of nitrogens with zero attached hydrogens (tertiary/aromatic N) is 4. The number of amides is 2. The average molecular weight is 913 g/mol. The number of nitrogens with two attached hydrogens (primary N) is 1. The quantitative estimate of drug-likeness (QED) is 0.0304. The number of aliphatic carboxylic acids is 1. The number of phosphoric ester groups is 3. The highest BCUT2D eigenvalue weighted by atomic mass is 32.2. The summed E-state index contributed by atoms with van der Waals surface area (Å²) in [6, 6.07) is 0. The van der Waals surface area contributed by atoms with Gasteiger partial charge in [-0.2, -0.15) is 0 Å². The second-order valence-electron chi connectivity index (χ2n) is 12.6. The topological polar surface area (TPSA) is 415 Å². The van der Waals surface area contributed by atoms with Gasteiger partial charge in [0.2, 0.25) is 16.9 Å². The number of fused-ring (bicyclic) bond motifs is 1. The molecule has 7 atom stereocenters. The van der Waals surface area contributed by atoms with Crippen LogP contribution in [0.5, 0.6) is 0 Å². The molecule has 0 saturated carbocycles. The molecule has 1 aliphatic heterocycles. The van der Waals surface area contributed by atoms with E-state index in [0.717, 1.165) is 35.1 Å². The van der Waals surface area contributed by atoms with Gasteiger partial charge in [-0.3, -0.25) is 28.1 Å².